The number of likely N-dealkylation sites (tertiary alicyclic amines) is 1. The van der Waals surface area contributed by atoms with Crippen LogP contribution in [-0.4, -0.2) is 125 Å². The van der Waals surface area contributed by atoms with Gasteiger partial charge in [-0.1, -0.05) is 19.1 Å². The van der Waals surface area contributed by atoms with E-state index in [1.807, 2.05) is 0 Å². The molecule has 7 aliphatic rings. The highest BCUT2D eigenvalue weighted by Crippen LogP contribution is 2.81. The van der Waals surface area contributed by atoms with E-state index < -0.39 is 34.1 Å². The van der Waals surface area contributed by atoms with E-state index in [9.17, 15) is 19.5 Å². The smallest absolute Gasteiger partial charge is 0.340 e. The SMILES string of the molecule is CCN1C[C@]2(COC(=O)c3ccccc3N3C(=O)CCC3=O)CC[C@H](OC)[C@@]34C5C[C@H]6C(OC)C5[C@](OC)(C[C@@H]6OC)[C@](O)(C(OC)C23)C14. The van der Waals surface area contributed by atoms with E-state index in [1.54, 1.807) is 59.8 Å². The highest BCUT2D eigenvalue weighted by Gasteiger charge is 2.92. The summed E-state index contributed by atoms with van der Waals surface area (Å²) in [6.07, 6.45) is 1.84. The van der Waals surface area contributed by atoms with Crippen molar-refractivity contribution in [2.24, 2.45) is 34.5 Å². The molecule has 7 bridgehead atoms. The van der Waals surface area contributed by atoms with E-state index in [4.69, 9.17) is 28.4 Å². The molecule has 13 atom stereocenters. The molecule has 2 aliphatic heterocycles. The van der Waals surface area contributed by atoms with Crippen molar-refractivity contribution in [2.45, 2.75) is 87.1 Å². The molecule has 2 amide bonds. The fraction of sp³-hybridized carbons (Fsp3) is 0.757. The molecular weight excluding hydrogens is 632 g/mol. The second-order valence-electron chi connectivity index (χ2n) is 15.6. The Morgan fingerprint density at radius 1 is 1.00 bits per heavy atom. The van der Waals surface area contributed by atoms with Crippen molar-refractivity contribution in [2.75, 3.05) is 60.1 Å². The van der Waals surface area contributed by atoms with Crippen molar-refractivity contribution in [1.82, 2.24) is 4.90 Å². The minimum atomic E-state index is -1.46. The molecule has 12 nitrogen and oxygen atoms in total. The number of hydrogen-bond acceptors (Lipinski definition) is 11. The van der Waals surface area contributed by atoms with Crippen LogP contribution in [0.4, 0.5) is 5.69 Å². The predicted molar refractivity (Wildman–Crippen MR) is 175 cm³/mol. The van der Waals surface area contributed by atoms with E-state index in [2.05, 4.69) is 11.8 Å². The molecule has 1 spiro atoms. The van der Waals surface area contributed by atoms with Gasteiger partial charge >= 0.3 is 5.97 Å². The van der Waals surface area contributed by atoms with Crippen LogP contribution in [0.15, 0.2) is 24.3 Å². The number of carbonyl (C=O) groups is 3. The summed E-state index contributed by atoms with van der Waals surface area (Å²) in [4.78, 5) is 42.9. The summed E-state index contributed by atoms with van der Waals surface area (Å²) in [5.74, 6) is -1.42. The van der Waals surface area contributed by atoms with Gasteiger partial charge in [-0.15, -0.1) is 0 Å². The van der Waals surface area contributed by atoms with Gasteiger partial charge < -0.3 is 33.5 Å². The largest absolute Gasteiger partial charge is 0.461 e. The number of imide groups is 1. The molecule has 0 aromatic heterocycles. The molecule has 5 aliphatic carbocycles. The Bertz CT molecular complexity index is 1520. The van der Waals surface area contributed by atoms with E-state index in [0.717, 1.165) is 17.7 Å². The normalized spacial score (nSPS) is 46.4. The third-order valence-corrected chi connectivity index (χ3v) is 14.5. The molecule has 0 radical (unpaired) electrons. The lowest BCUT2D eigenvalue weighted by Crippen LogP contribution is -2.82. The minimum absolute atomic E-state index is 0.0561. The van der Waals surface area contributed by atoms with Crippen LogP contribution in [0.5, 0.6) is 0 Å². The average Bonchev–Trinajstić information content (AvgIpc) is 3.68. The van der Waals surface area contributed by atoms with Gasteiger partial charge in [0.05, 0.1) is 48.3 Å². The summed E-state index contributed by atoms with van der Waals surface area (Å²) >= 11 is 0. The van der Waals surface area contributed by atoms with E-state index >= 15 is 0 Å². The van der Waals surface area contributed by atoms with Crippen LogP contribution in [0.25, 0.3) is 0 Å². The van der Waals surface area contributed by atoms with Crippen molar-refractivity contribution in [3.8, 4) is 0 Å². The number of aliphatic hydroxyl groups is 1. The second kappa shape index (κ2) is 11.5. The number of nitrogens with zero attached hydrogens (tertiary/aromatic N) is 2. The number of esters is 1. The fourth-order valence-electron chi connectivity index (χ4n) is 13.3. The van der Waals surface area contributed by atoms with Gasteiger partial charge in [-0.2, -0.15) is 0 Å². The lowest BCUT2D eigenvalue weighted by atomic mass is 9.42. The van der Waals surface area contributed by atoms with Gasteiger partial charge in [-0.25, -0.2) is 9.69 Å². The highest BCUT2D eigenvalue weighted by molar-refractivity contribution is 6.21. The number of anilines is 1. The Kier molecular flexibility index (Phi) is 7.92. The molecule has 8 rings (SSSR count). The number of ether oxygens (including phenoxy) is 6. The number of piperidine rings is 1. The molecule has 12 heteroatoms. The maximum Gasteiger partial charge on any atom is 0.340 e. The summed E-state index contributed by atoms with van der Waals surface area (Å²) in [6.45, 7) is 3.46. The zero-order chi connectivity index (χ0) is 34.7. The third-order valence-electron chi connectivity index (χ3n) is 14.5. The molecule has 49 heavy (non-hydrogen) atoms. The summed E-state index contributed by atoms with van der Waals surface area (Å²) in [6, 6.07) is 6.31. The predicted octanol–water partition coefficient (Wildman–Crippen LogP) is 2.44. The number of rotatable bonds is 10. The van der Waals surface area contributed by atoms with Gasteiger partial charge in [0.15, 0.2) is 0 Å². The van der Waals surface area contributed by atoms with Gasteiger partial charge in [0.1, 0.15) is 11.2 Å². The molecule has 1 N–H and O–H groups in total. The standard InChI is InChI=1S/C37H50N2O10/c1-7-38-18-34(19-49-32(42)20-10-8-9-11-23(20)39-26(40)12-13-27(39)41)15-14-25(45-3)36-22-16-21-24(44-2)17-35(48-6,28(22)29(21)46-4)37(43,33(36)38)31(47-5)30(34)36/h8-11,21-22,24-25,28-31,33,43H,7,12-19H2,1-6H3/t21-,22?,24+,25+,28?,29?,30?,31?,33?,34+,35-,36+,37+/m1/s1. The van der Waals surface area contributed by atoms with Crippen LogP contribution in [0.3, 0.4) is 0 Å². The first-order valence-electron chi connectivity index (χ1n) is 17.8. The number of likely N-dealkylation sites (N-methyl/N-ethyl adjacent to an activating group) is 1. The summed E-state index contributed by atoms with van der Waals surface area (Å²) in [5, 5.41) is 13.8. The van der Waals surface area contributed by atoms with Crippen LogP contribution in [0, 0.1) is 34.5 Å². The van der Waals surface area contributed by atoms with E-state index in [1.165, 1.54) is 0 Å². The average molecular weight is 683 g/mol. The Morgan fingerprint density at radius 3 is 2.37 bits per heavy atom. The zero-order valence-electron chi connectivity index (χ0n) is 29.4. The minimum Gasteiger partial charge on any atom is -0.461 e. The molecule has 2 saturated heterocycles. The van der Waals surface area contributed by atoms with Gasteiger partial charge in [-0.05, 0) is 43.9 Å². The number of para-hydroxylation sites is 1. The van der Waals surface area contributed by atoms with Gasteiger partial charge in [0.25, 0.3) is 0 Å². The van der Waals surface area contributed by atoms with Gasteiger partial charge in [-0.3, -0.25) is 14.5 Å². The second-order valence-corrected chi connectivity index (χ2v) is 15.6. The number of fused-ring (bicyclic) bond motifs is 2. The van der Waals surface area contributed by atoms with Crippen molar-refractivity contribution in [3.63, 3.8) is 0 Å². The molecule has 7 fully saturated rings. The first-order valence-corrected chi connectivity index (χ1v) is 17.8. The molecule has 1 aromatic carbocycles. The summed E-state index contributed by atoms with van der Waals surface area (Å²) in [7, 11) is 8.65. The maximum atomic E-state index is 14.0. The molecule has 5 saturated carbocycles. The Labute approximate surface area is 287 Å². The van der Waals surface area contributed by atoms with Crippen LogP contribution >= 0.6 is 0 Å². The maximum absolute atomic E-state index is 14.0. The summed E-state index contributed by atoms with van der Waals surface area (Å²) < 4.78 is 38.6. The van der Waals surface area contributed by atoms with Crippen LogP contribution in [-0.2, 0) is 38.0 Å². The Morgan fingerprint density at radius 2 is 1.73 bits per heavy atom. The first kappa shape index (κ1) is 33.7. The molecular formula is C37H50N2O10. The first-order chi connectivity index (χ1) is 23.6. The number of benzene rings is 1. The number of amides is 2. The lowest BCUT2D eigenvalue weighted by Gasteiger charge is -2.70. The van der Waals surface area contributed by atoms with Crippen LogP contribution in [0.1, 0.15) is 55.8 Å². The van der Waals surface area contributed by atoms with E-state index in [0.29, 0.717) is 25.9 Å². The van der Waals surface area contributed by atoms with Crippen molar-refractivity contribution in [1.29, 1.82) is 0 Å². The molecule has 1 aromatic rings. The Hall–Kier alpha value is -2.45. The lowest BCUT2D eigenvalue weighted by molar-refractivity contribution is -0.326. The van der Waals surface area contributed by atoms with Crippen molar-refractivity contribution >= 4 is 23.5 Å². The topological polar surface area (TPSA) is 133 Å². The van der Waals surface area contributed by atoms with Crippen LogP contribution in [0.2, 0.25) is 0 Å². The molecule has 6 unspecified atom stereocenters. The fourth-order valence-corrected chi connectivity index (χ4v) is 13.3. The summed E-state index contributed by atoms with van der Waals surface area (Å²) in [5.41, 5.74) is -3.21. The van der Waals surface area contributed by atoms with Gasteiger partial charge in [0, 0.05) is 89.9 Å². The van der Waals surface area contributed by atoms with Crippen molar-refractivity contribution in [3.05, 3.63) is 29.8 Å². The monoisotopic (exact) mass is 682 g/mol. The highest BCUT2D eigenvalue weighted by atomic mass is 16.6. The quantitative estimate of drug-likeness (QED) is 0.288. The zero-order valence-corrected chi connectivity index (χ0v) is 29.4. The Balaban J connectivity index is 1.25. The van der Waals surface area contributed by atoms with Crippen molar-refractivity contribution < 1.29 is 47.9 Å². The van der Waals surface area contributed by atoms with E-state index in [-0.39, 0.29) is 90.5 Å². The number of carbonyl (C=O) groups excluding carboxylic acids is 3. The third kappa shape index (κ3) is 3.86. The number of hydrogen-bond donors (Lipinski definition) is 1. The molecule has 2 heterocycles. The number of methoxy groups -OCH3 is 5. The van der Waals surface area contributed by atoms with Gasteiger partial charge in [0.2, 0.25) is 11.8 Å². The molecule has 268 valence electrons. The van der Waals surface area contributed by atoms with Crippen LogP contribution < -0.4 is 4.90 Å².